The third kappa shape index (κ3) is 3.32. The molecule has 0 radical (unpaired) electrons. The van der Waals surface area contributed by atoms with Gasteiger partial charge in [0.1, 0.15) is 6.04 Å². The van der Waals surface area contributed by atoms with Crippen LogP contribution in [-0.2, 0) is 16.0 Å². The summed E-state index contributed by atoms with van der Waals surface area (Å²) in [6, 6.07) is -0.647. The molecule has 0 aliphatic heterocycles. The summed E-state index contributed by atoms with van der Waals surface area (Å²) in [6.45, 7) is 5.91. The van der Waals surface area contributed by atoms with Crippen molar-refractivity contribution in [3.05, 3.63) is 34.5 Å². The van der Waals surface area contributed by atoms with Crippen LogP contribution in [0.2, 0.25) is 0 Å². The van der Waals surface area contributed by atoms with Gasteiger partial charge in [-0.25, -0.2) is 0 Å². The molecule has 1 aromatic heterocycles. The van der Waals surface area contributed by atoms with Crippen molar-refractivity contribution in [3.63, 3.8) is 0 Å². The molecule has 4 heteroatoms. The number of esters is 1. The van der Waals surface area contributed by atoms with Crippen LogP contribution in [0.15, 0.2) is 18.3 Å². The molecule has 3 N–H and O–H groups in total. The highest BCUT2D eigenvalue weighted by atomic mass is 16.5. The zero-order valence-corrected chi connectivity index (χ0v) is 10.2. The number of carbonyl (C=O) groups excluding carboxylic acids is 1. The molecule has 0 amide bonds. The molecule has 1 unspecified atom stereocenters. The molecule has 0 aliphatic rings. The summed E-state index contributed by atoms with van der Waals surface area (Å²) in [5.41, 5.74) is 6.63. The summed E-state index contributed by atoms with van der Waals surface area (Å²) in [6.07, 6.45) is 8.02. The quantitative estimate of drug-likeness (QED) is 0.710. The average molecular weight is 234 g/mol. The molecular formula is C13H18N2O2. The SMILES string of the molecule is C=c1c(CC(N)C(=O)OC)c[nH]/c1=C/C=C\C. The van der Waals surface area contributed by atoms with E-state index in [-0.39, 0.29) is 0 Å². The van der Waals surface area contributed by atoms with Crippen LogP contribution in [0.1, 0.15) is 12.5 Å². The van der Waals surface area contributed by atoms with Crippen LogP contribution in [-0.4, -0.2) is 24.1 Å². The zero-order valence-electron chi connectivity index (χ0n) is 10.2. The monoisotopic (exact) mass is 234 g/mol. The van der Waals surface area contributed by atoms with Crippen molar-refractivity contribution in [1.29, 1.82) is 0 Å². The van der Waals surface area contributed by atoms with Crippen LogP contribution in [0.3, 0.4) is 0 Å². The van der Waals surface area contributed by atoms with E-state index in [4.69, 9.17) is 5.73 Å². The summed E-state index contributed by atoms with van der Waals surface area (Å²) < 4.78 is 4.58. The number of hydrogen-bond acceptors (Lipinski definition) is 3. The predicted molar refractivity (Wildman–Crippen MR) is 68.5 cm³/mol. The van der Waals surface area contributed by atoms with Gasteiger partial charge in [-0.05, 0) is 23.8 Å². The number of allylic oxidation sites excluding steroid dienone is 2. The number of carbonyl (C=O) groups is 1. The lowest BCUT2D eigenvalue weighted by Gasteiger charge is -2.07. The minimum atomic E-state index is -0.647. The number of nitrogens with two attached hydrogens (primary N) is 1. The number of H-pyrrole nitrogens is 1. The standard InChI is InChI=1S/C13H18N2O2/c1-4-5-6-12-9(2)10(8-15-12)7-11(14)13(16)17-3/h4-6,8,11,15H,2,7,14H2,1,3H3/b5-4-,12-6+. The first-order valence-electron chi connectivity index (χ1n) is 5.41. The second-order valence-corrected chi connectivity index (χ2v) is 3.73. The minimum Gasteiger partial charge on any atom is -0.468 e. The maximum absolute atomic E-state index is 11.2. The summed E-state index contributed by atoms with van der Waals surface area (Å²) in [5.74, 6) is -0.412. The molecule has 0 aromatic carbocycles. The number of hydrogen-bond donors (Lipinski definition) is 2. The van der Waals surface area contributed by atoms with Crippen molar-refractivity contribution in [2.24, 2.45) is 5.73 Å². The van der Waals surface area contributed by atoms with Crippen molar-refractivity contribution in [2.75, 3.05) is 7.11 Å². The second kappa shape index (κ2) is 6.06. The van der Waals surface area contributed by atoms with Gasteiger partial charge in [0.25, 0.3) is 0 Å². The highest BCUT2D eigenvalue weighted by Crippen LogP contribution is 1.95. The van der Waals surface area contributed by atoms with Crippen LogP contribution in [0, 0.1) is 0 Å². The molecule has 92 valence electrons. The van der Waals surface area contributed by atoms with Gasteiger partial charge in [-0.3, -0.25) is 4.79 Å². The lowest BCUT2D eigenvalue weighted by Crippen LogP contribution is -2.35. The van der Waals surface area contributed by atoms with Gasteiger partial charge in [0.2, 0.25) is 0 Å². The summed E-state index contributed by atoms with van der Waals surface area (Å²) >= 11 is 0. The molecule has 0 aliphatic carbocycles. The Morgan fingerprint density at radius 2 is 2.41 bits per heavy atom. The minimum absolute atomic E-state index is 0.412. The molecule has 1 aromatic rings. The van der Waals surface area contributed by atoms with Gasteiger partial charge >= 0.3 is 5.97 Å². The summed E-state index contributed by atoms with van der Waals surface area (Å²) in [4.78, 5) is 14.3. The smallest absolute Gasteiger partial charge is 0.322 e. The molecule has 0 saturated heterocycles. The Kier molecular flexibility index (Phi) is 4.72. The van der Waals surface area contributed by atoms with E-state index in [1.54, 1.807) is 0 Å². The first kappa shape index (κ1) is 13.3. The molecule has 1 rings (SSSR count). The molecule has 0 fully saturated rings. The topological polar surface area (TPSA) is 68.1 Å². The van der Waals surface area contributed by atoms with Crippen molar-refractivity contribution in [2.45, 2.75) is 19.4 Å². The van der Waals surface area contributed by atoms with E-state index in [1.807, 2.05) is 31.3 Å². The first-order valence-corrected chi connectivity index (χ1v) is 5.41. The van der Waals surface area contributed by atoms with E-state index in [2.05, 4.69) is 16.3 Å². The Balaban J connectivity index is 2.91. The lowest BCUT2D eigenvalue weighted by molar-refractivity contribution is -0.142. The molecule has 17 heavy (non-hydrogen) atoms. The Labute approximate surface area is 100 Å². The Morgan fingerprint density at radius 3 is 3.00 bits per heavy atom. The van der Waals surface area contributed by atoms with E-state index in [0.29, 0.717) is 6.42 Å². The number of aromatic nitrogens is 1. The number of aromatic amines is 1. The van der Waals surface area contributed by atoms with E-state index in [0.717, 1.165) is 16.1 Å². The van der Waals surface area contributed by atoms with Gasteiger partial charge in [-0.15, -0.1) is 0 Å². The molecule has 1 atom stereocenters. The Bertz CT molecular complexity index is 514. The van der Waals surface area contributed by atoms with Crippen molar-refractivity contribution in [3.8, 4) is 0 Å². The van der Waals surface area contributed by atoms with E-state index in [1.165, 1.54) is 7.11 Å². The highest BCUT2D eigenvalue weighted by molar-refractivity contribution is 5.75. The molecule has 1 heterocycles. The molecule has 0 spiro atoms. The average Bonchev–Trinajstić information content (AvgIpc) is 2.67. The zero-order chi connectivity index (χ0) is 12.8. The maximum atomic E-state index is 11.2. The van der Waals surface area contributed by atoms with E-state index in [9.17, 15) is 4.79 Å². The Hall–Kier alpha value is -1.81. The fourth-order valence-corrected chi connectivity index (χ4v) is 1.51. The fraction of sp³-hybridized carbons (Fsp3) is 0.308. The second-order valence-electron chi connectivity index (χ2n) is 3.73. The predicted octanol–water partition coefficient (Wildman–Crippen LogP) is -0.176. The third-order valence-corrected chi connectivity index (χ3v) is 2.51. The van der Waals surface area contributed by atoms with Crippen molar-refractivity contribution in [1.82, 2.24) is 4.98 Å². The van der Waals surface area contributed by atoms with Gasteiger partial charge in [-0.2, -0.15) is 0 Å². The normalized spacial score (nSPS) is 14.2. The number of rotatable bonds is 4. The van der Waals surface area contributed by atoms with E-state index >= 15 is 0 Å². The van der Waals surface area contributed by atoms with Crippen LogP contribution in [0.25, 0.3) is 12.7 Å². The summed E-state index contributed by atoms with van der Waals surface area (Å²) in [7, 11) is 1.33. The molecule has 0 bridgehead atoms. The van der Waals surface area contributed by atoms with Crippen molar-refractivity contribution < 1.29 is 9.53 Å². The van der Waals surface area contributed by atoms with Crippen LogP contribution in [0.5, 0.6) is 0 Å². The summed E-state index contributed by atoms with van der Waals surface area (Å²) in [5, 5.41) is 1.79. The largest absolute Gasteiger partial charge is 0.468 e. The van der Waals surface area contributed by atoms with Gasteiger partial charge < -0.3 is 15.5 Å². The highest BCUT2D eigenvalue weighted by Gasteiger charge is 2.14. The van der Waals surface area contributed by atoms with Gasteiger partial charge in [0.05, 0.1) is 7.11 Å². The van der Waals surface area contributed by atoms with Crippen LogP contribution >= 0.6 is 0 Å². The van der Waals surface area contributed by atoms with Gasteiger partial charge in [0, 0.05) is 18.0 Å². The van der Waals surface area contributed by atoms with Crippen LogP contribution < -0.4 is 16.3 Å². The molecule has 4 nitrogen and oxygen atoms in total. The maximum Gasteiger partial charge on any atom is 0.322 e. The number of methoxy groups -OCH3 is 1. The van der Waals surface area contributed by atoms with Gasteiger partial charge in [0.15, 0.2) is 0 Å². The van der Waals surface area contributed by atoms with Gasteiger partial charge in [-0.1, -0.05) is 18.7 Å². The fourth-order valence-electron chi connectivity index (χ4n) is 1.51. The first-order chi connectivity index (χ1) is 8.10. The number of ether oxygens (including phenoxy) is 1. The van der Waals surface area contributed by atoms with Crippen molar-refractivity contribution >= 4 is 18.6 Å². The molecule has 0 saturated carbocycles. The Morgan fingerprint density at radius 1 is 1.71 bits per heavy atom. The number of nitrogens with one attached hydrogen (secondary N) is 1. The van der Waals surface area contributed by atoms with Crippen LogP contribution in [0.4, 0.5) is 0 Å². The lowest BCUT2D eigenvalue weighted by atomic mass is 10.1. The third-order valence-electron chi connectivity index (χ3n) is 2.51. The van der Waals surface area contributed by atoms with E-state index < -0.39 is 12.0 Å². The molecular weight excluding hydrogens is 216 g/mol.